The summed E-state index contributed by atoms with van der Waals surface area (Å²) in [5, 5.41) is 40.8. The molecule has 8 nitrogen and oxygen atoms in total. The van der Waals surface area contributed by atoms with Gasteiger partial charge in [0.1, 0.15) is 17.8 Å². The standard InChI is InChI=1S/C16H21NO7/c1-9-4-15(21)23-13-5-10(2-3-11(9)13)17-6-16(22)24-14(8-19)12(20)7-18/h2-5,12,14,16-20,22H,6-8H2,1H3/t12-,14?,16?/m0/s1. The van der Waals surface area contributed by atoms with Crippen molar-refractivity contribution in [1.29, 1.82) is 0 Å². The summed E-state index contributed by atoms with van der Waals surface area (Å²) in [6, 6.07) is 6.58. The Balaban J connectivity index is 2.01. The molecule has 2 rings (SSSR count). The van der Waals surface area contributed by atoms with Gasteiger partial charge in [-0.1, -0.05) is 0 Å². The Morgan fingerprint density at radius 3 is 2.62 bits per heavy atom. The molecular weight excluding hydrogens is 318 g/mol. The lowest BCUT2D eigenvalue weighted by molar-refractivity contribution is -0.174. The summed E-state index contributed by atoms with van der Waals surface area (Å²) < 4.78 is 10.2. The smallest absolute Gasteiger partial charge is 0.336 e. The molecule has 2 aromatic rings. The molecule has 1 aromatic heterocycles. The molecule has 5 N–H and O–H groups in total. The number of aliphatic hydroxyl groups is 4. The summed E-state index contributed by atoms with van der Waals surface area (Å²) in [6.45, 7) is 0.648. The van der Waals surface area contributed by atoms with Crippen molar-refractivity contribution < 1.29 is 29.6 Å². The van der Waals surface area contributed by atoms with Crippen LogP contribution in [0.1, 0.15) is 5.56 Å². The molecule has 0 saturated heterocycles. The monoisotopic (exact) mass is 339 g/mol. The van der Waals surface area contributed by atoms with E-state index in [1.807, 2.05) is 6.92 Å². The highest BCUT2D eigenvalue weighted by atomic mass is 16.6. The normalized spacial score (nSPS) is 15.2. The predicted molar refractivity (Wildman–Crippen MR) is 86.8 cm³/mol. The van der Waals surface area contributed by atoms with Gasteiger partial charge in [0.25, 0.3) is 0 Å². The Morgan fingerprint density at radius 1 is 1.21 bits per heavy atom. The molecular formula is C16H21NO7. The maximum atomic E-state index is 11.4. The first-order chi connectivity index (χ1) is 11.4. The van der Waals surface area contributed by atoms with Crippen LogP contribution in [0.5, 0.6) is 0 Å². The minimum atomic E-state index is -1.32. The molecule has 0 aliphatic rings. The van der Waals surface area contributed by atoms with Gasteiger partial charge in [-0.3, -0.25) is 0 Å². The lowest BCUT2D eigenvalue weighted by Gasteiger charge is -2.23. The van der Waals surface area contributed by atoms with Crippen LogP contribution >= 0.6 is 0 Å². The maximum Gasteiger partial charge on any atom is 0.336 e. The van der Waals surface area contributed by atoms with Crippen LogP contribution in [0.4, 0.5) is 5.69 Å². The van der Waals surface area contributed by atoms with Crippen molar-refractivity contribution in [3.05, 3.63) is 40.2 Å². The van der Waals surface area contributed by atoms with E-state index in [2.05, 4.69) is 5.32 Å². The average molecular weight is 339 g/mol. The molecule has 0 saturated carbocycles. The number of rotatable bonds is 8. The van der Waals surface area contributed by atoms with Crippen LogP contribution < -0.4 is 10.9 Å². The quantitative estimate of drug-likeness (QED) is 0.323. The molecule has 1 aromatic carbocycles. The molecule has 0 fully saturated rings. The fraction of sp³-hybridized carbons (Fsp3) is 0.438. The second kappa shape index (κ2) is 8.22. The molecule has 24 heavy (non-hydrogen) atoms. The van der Waals surface area contributed by atoms with Gasteiger partial charge in [-0.2, -0.15) is 0 Å². The minimum Gasteiger partial charge on any atom is -0.423 e. The van der Waals surface area contributed by atoms with Gasteiger partial charge in [-0.05, 0) is 24.6 Å². The van der Waals surface area contributed by atoms with Crippen LogP contribution in [0.3, 0.4) is 0 Å². The summed E-state index contributed by atoms with van der Waals surface area (Å²) in [5.41, 5.74) is 1.38. The highest BCUT2D eigenvalue weighted by Gasteiger charge is 2.21. The SMILES string of the molecule is Cc1cc(=O)oc2cc(NCC(O)OC(CO)[C@@H](O)CO)ccc12. The Labute approximate surface area is 137 Å². The van der Waals surface area contributed by atoms with Crippen molar-refractivity contribution in [2.24, 2.45) is 0 Å². The molecule has 3 atom stereocenters. The highest BCUT2D eigenvalue weighted by molar-refractivity contribution is 5.83. The van der Waals surface area contributed by atoms with Crippen LogP contribution in [0.2, 0.25) is 0 Å². The number of fused-ring (bicyclic) bond motifs is 1. The number of hydrogen-bond donors (Lipinski definition) is 5. The van der Waals surface area contributed by atoms with E-state index in [9.17, 15) is 15.0 Å². The van der Waals surface area contributed by atoms with E-state index in [1.54, 1.807) is 18.2 Å². The number of nitrogens with one attached hydrogen (secondary N) is 1. The third-order valence-electron chi connectivity index (χ3n) is 3.56. The van der Waals surface area contributed by atoms with E-state index in [0.717, 1.165) is 10.9 Å². The second-order valence-corrected chi connectivity index (χ2v) is 5.40. The van der Waals surface area contributed by atoms with Crippen molar-refractivity contribution in [2.45, 2.75) is 25.4 Å². The van der Waals surface area contributed by atoms with Crippen LogP contribution in [0, 0.1) is 6.92 Å². The Morgan fingerprint density at radius 2 is 1.96 bits per heavy atom. The summed E-state index contributed by atoms with van der Waals surface area (Å²) >= 11 is 0. The zero-order valence-electron chi connectivity index (χ0n) is 13.2. The number of benzene rings is 1. The van der Waals surface area contributed by atoms with Crippen molar-refractivity contribution in [3.63, 3.8) is 0 Å². The first-order valence-corrected chi connectivity index (χ1v) is 7.46. The molecule has 0 spiro atoms. The van der Waals surface area contributed by atoms with Gasteiger partial charge in [0.05, 0.1) is 19.8 Å². The van der Waals surface area contributed by atoms with E-state index >= 15 is 0 Å². The van der Waals surface area contributed by atoms with Crippen molar-refractivity contribution in [3.8, 4) is 0 Å². The van der Waals surface area contributed by atoms with E-state index in [1.165, 1.54) is 6.07 Å². The van der Waals surface area contributed by atoms with Gasteiger partial charge >= 0.3 is 5.63 Å². The zero-order valence-corrected chi connectivity index (χ0v) is 13.2. The first-order valence-electron chi connectivity index (χ1n) is 7.46. The lowest BCUT2D eigenvalue weighted by Crippen LogP contribution is -2.40. The highest BCUT2D eigenvalue weighted by Crippen LogP contribution is 2.20. The van der Waals surface area contributed by atoms with Crippen LogP contribution in [-0.2, 0) is 4.74 Å². The molecule has 2 unspecified atom stereocenters. The third kappa shape index (κ3) is 4.53. The van der Waals surface area contributed by atoms with Crippen LogP contribution in [-0.4, -0.2) is 58.7 Å². The van der Waals surface area contributed by atoms with Crippen LogP contribution in [0.15, 0.2) is 33.5 Å². The first kappa shape index (κ1) is 18.4. The molecule has 0 amide bonds. The summed E-state index contributed by atoms with van der Waals surface area (Å²) in [5.74, 6) is 0. The van der Waals surface area contributed by atoms with Gasteiger partial charge in [0, 0.05) is 23.2 Å². The lowest BCUT2D eigenvalue weighted by atomic mass is 10.1. The average Bonchev–Trinajstić information content (AvgIpc) is 2.56. The zero-order chi connectivity index (χ0) is 17.7. The summed E-state index contributed by atoms with van der Waals surface area (Å²) in [7, 11) is 0. The van der Waals surface area contributed by atoms with E-state index < -0.39 is 37.3 Å². The fourth-order valence-electron chi connectivity index (χ4n) is 2.26. The number of ether oxygens (including phenoxy) is 1. The van der Waals surface area contributed by atoms with Crippen molar-refractivity contribution in [1.82, 2.24) is 0 Å². The van der Waals surface area contributed by atoms with E-state index in [-0.39, 0.29) is 6.54 Å². The molecule has 0 aliphatic carbocycles. The van der Waals surface area contributed by atoms with E-state index in [0.29, 0.717) is 11.3 Å². The molecule has 8 heteroatoms. The summed E-state index contributed by atoms with van der Waals surface area (Å²) in [6.07, 6.45) is -3.70. The van der Waals surface area contributed by atoms with Gasteiger partial charge < -0.3 is 34.9 Å². The number of aliphatic hydroxyl groups excluding tert-OH is 4. The molecule has 1 heterocycles. The Kier molecular flexibility index (Phi) is 6.29. The maximum absolute atomic E-state index is 11.4. The topological polar surface area (TPSA) is 132 Å². The van der Waals surface area contributed by atoms with Gasteiger partial charge in [-0.25, -0.2) is 4.79 Å². The second-order valence-electron chi connectivity index (χ2n) is 5.40. The van der Waals surface area contributed by atoms with Crippen molar-refractivity contribution >= 4 is 16.7 Å². The van der Waals surface area contributed by atoms with Gasteiger partial charge in [0.15, 0.2) is 6.29 Å². The van der Waals surface area contributed by atoms with Gasteiger partial charge in [-0.15, -0.1) is 0 Å². The summed E-state index contributed by atoms with van der Waals surface area (Å²) in [4.78, 5) is 11.4. The third-order valence-corrected chi connectivity index (χ3v) is 3.56. The van der Waals surface area contributed by atoms with E-state index in [4.69, 9.17) is 19.4 Å². The Bertz CT molecular complexity index is 730. The Hall–Kier alpha value is -1.97. The molecule has 0 radical (unpaired) electrons. The number of hydrogen-bond acceptors (Lipinski definition) is 8. The van der Waals surface area contributed by atoms with Crippen LogP contribution in [0.25, 0.3) is 11.0 Å². The minimum absolute atomic E-state index is 0.0315. The molecule has 132 valence electrons. The van der Waals surface area contributed by atoms with Gasteiger partial charge in [0.2, 0.25) is 0 Å². The van der Waals surface area contributed by atoms with Crippen molar-refractivity contribution in [2.75, 3.05) is 25.1 Å². The predicted octanol–water partition coefficient (Wildman–Crippen LogP) is -0.438. The molecule has 0 bridgehead atoms. The number of anilines is 1. The fourth-order valence-corrected chi connectivity index (χ4v) is 2.26. The number of aryl methyl sites for hydroxylation is 1. The largest absolute Gasteiger partial charge is 0.423 e. The molecule has 0 aliphatic heterocycles.